The molecule has 2 aromatic rings. The van der Waals surface area contributed by atoms with Crippen molar-refractivity contribution < 1.29 is 29.0 Å². The quantitative estimate of drug-likeness (QED) is 0.430. The van der Waals surface area contributed by atoms with E-state index in [4.69, 9.17) is 4.74 Å². The van der Waals surface area contributed by atoms with Crippen molar-refractivity contribution in [2.45, 2.75) is 49.6 Å². The molecule has 2 atom stereocenters. The second kappa shape index (κ2) is 13.6. The molecule has 2 aliphatic rings. The van der Waals surface area contributed by atoms with Crippen molar-refractivity contribution >= 4 is 41.2 Å². The molecule has 0 aliphatic carbocycles. The standard InChI is InChI=1S/C29H35N3O6S/c1-2-38-29(37)22(13-12-20-14-16-31(17-15-20)27(35)21-8-4-3-5-9-21)30-23-19-39-25-11-7-6-10-24(25)32(28(23)36)18-26(33)34/h3-11,20,22-23,30H,2,12-19H2,1H3,(H,33,34)/t22-,23-/m0/s1. The van der Waals surface area contributed by atoms with Gasteiger partial charge in [-0.15, -0.1) is 11.8 Å². The first kappa shape index (κ1) is 28.6. The number of anilines is 1. The minimum absolute atomic E-state index is 0.0383. The molecule has 2 heterocycles. The van der Waals surface area contributed by atoms with Crippen LogP contribution in [0.1, 0.15) is 43.0 Å². The highest BCUT2D eigenvalue weighted by molar-refractivity contribution is 7.99. The van der Waals surface area contributed by atoms with E-state index in [1.54, 1.807) is 19.1 Å². The molecule has 208 valence electrons. The number of para-hydroxylation sites is 1. The summed E-state index contributed by atoms with van der Waals surface area (Å²) in [7, 11) is 0. The summed E-state index contributed by atoms with van der Waals surface area (Å²) in [5.41, 5.74) is 1.25. The molecule has 0 saturated carbocycles. The van der Waals surface area contributed by atoms with Crippen LogP contribution in [-0.2, 0) is 19.1 Å². The molecule has 0 radical (unpaired) electrons. The highest BCUT2D eigenvalue weighted by atomic mass is 32.2. The molecule has 1 saturated heterocycles. The molecule has 39 heavy (non-hydrogen) atoms. The summed E-state index contributed by atoms with van der Waals surface area (Å²) < 4.78 is 5.32. The number of carbonyl (C=O) groups excluding carboxylic acids is 3. The Balaban J connectivity index is 1.38. The maximum Gasteiger partial charge on any atom is 0.323 e. The molecule has 2 aliphatic heterocycles. The van der Waals surface area contributed by atoms with Crippen molar-refractivity contribution in [1.82, 2.24) is 10.2 Å². The molecule has 2 N–H and O–H groups in total. The Morgan fingerprint density at radius 2 is 1.77 bits per heavy atom. The van der Waals surface area contributed by atoms with E-state index < -0.39 is 30.6 Å². The van der Waals surface area contributed by atoms with Crippen LogP contribution in [0.5, 0.6) is 0 Å². The first-order valence-electron chi connectivity index (χ1n) is 13.4. The van der Waals surface area contributed by atoms with Crippen LogP contribution in [0.15, 0.2) is 59.5 Å². The Morgan fingerprint density at radius 1 is 1.08 bits per heavy atom. The lowest BCUT2D eigenvalue weighted by Crippen LogP contribution is -2.54. The number of fused-ring (bicyclic) bond motifs is 1. The maximum atomic E-state index is 13.5. The van der Waals surface area contributed by atoms with Gasteiger partial charge in [-0.2, -0.15) is 0 Å². The average molecular weight is 554 g/mol. The molecule has 0 aromatic heterocycles. The van der Waals surface area contributed by atoms with E-state index >= 15 is 0 Å². The molecule has 4 rings (SSSR count). The number of amides is 2. The molecule has 0 bridgehead atoms. The third-order valence-electron chi connectivity index (χ3n) is 7.18. The highest BCUT2D eigenvalue weighted by Crippen LogP contribution is 2.34. The summed E-state index contributed by atoms with van der Waals surface area (Å²) in [6, 6.07) is 15.0. The number of hydrogen-bond donors (Lipinski definition) is 2. The van der Waals surface area contributed by atoms with E-state index in [1.807, 2.05) is 47.4 Å². The van der Waals surface area contributed by atoms with Gasteiger partial charge in [0.05, 0.1) is 18.3 Å². The Kier molecular flexibility index (Phi) is 10.00. The van der Waals surface area contributed by atoms with Gasteiger partial charge < -0.3 is 14.7 Å². The largest absolute Gasteiger partial charge is 0.480 e. The lowest BCUT2D eigenvalue weighted by molar-refractivity contribution is -0.146. The number of carbonyl (C=O) groups is 4. The van der Waals surface area contributed by atoms with Crippen LogP contribution >= 0.6 is 11.8 Å². The first-order chi connectivity index (χ1) is 18.9. The van der Waals surface area contributed by atoms with Crippen LogP contribution in [0, 0.1) is 5.92 Å². The van der Waals surface area contributed by atoms with Crippen molar-refractivity contribution in [2.24, 2.45) is 5.92 Å². The van der Waals surface area contributed by atoms with Crippen LogP contribution in [0.3, 0.4) is 0 Å². The van der Waals surface area contributed by atoms with Crippen LogP contribution in [0.25, 0.3) is 0 Å². The normalized spacial score (nSPS) is 18.7. The zero-order valence-electron chi connectivity index (χ0n) is 22.1. The van der Waals surface area contributed by atoms with E-state index in [0.29, 0.717) is 42.4 Å². The Bertz CT molecular complexity index is 1170. The van der Waals surface area contributed by atoms with Gasteiger partial charge in [-0.1, -0.05) is 30.3 Å². The lowest BCUT2D eigenvalue weighted by atomic mass is 9.90. The number of likely N-dealkylation sites (tertiary alicyclic amines) is 1. The van der Waals surface area contributed by atoms with Crippen molar-refractivity contribution in [3.05, 3.63) is 60.2 Å². The maximum absolute atomic E-state index is 13.5. The Morgan fingerprint density at radius 3 is 2.46 bits per heavy atom. The van der Waals surface area contributed by atoms with E-state index in [9.17, 15) is 24.3 Å². The van der Waals surface area contributed by atoms with Crippen LogP contribution in [0.4, 0.5) is 5.69 Å². The number of thioether (sulfide) groups is 1. The summed E-state index contributed by atoms with van der Waals surface area (Å²) in [5, 5.41) is 12.7. The summed E-state index contributed by atoms with van der Waals surface area (Å²) in [6.45, 7) is 2.83. The minimum Gasteiger partial charge on any atom is -0.480 e. The molecule has 2 amide bonds. The van der Waals surface area contributed by atoms with Gasteiger partial charge in [-0.25, -0.2) is 0 Å². The van der Waals surface area contributed by atoms with Crippen LogP contribution in [-0.4, -0.2) is 77.8 Å². The molecule has 10 heteroatoms. The number of nitrogens with one attached hydrogen (secondary N) is 1. The van der Waals surface area contributed by atoms with E-state index in [0.717, 1.165) is 24.2 Å². The minimum atomic E-state index is -1.11. The summed E-state index contributed by atoms with van der Waals surface area (Å²) in [4.78, 5) is 54.7. The predicted octanol–water partition coefficient (Wildman–Crippen LogP) is 3.43. The molecule has 0 spiro atoms. The van der Waals surface area contributed by atoms with Crippen molar-refractivity contribution in [3.8, 4) is 0 Å². The van der Waals surface area contributed by atoms with Gasteiger partial charge >= 0.3 is 11.9 Å². The van der Waals surface area contributed by atoms with Crippen molar-refractivity contribution in [1.29, 1.82) is 0 Å². The van der Waals surface area contributed by atoms with Gasteiger partial charge in [0.15, 0.2) is 0 Å². The number of piperidine rings is 1. The van der Waals surface area contributed by atoms with Gasteiger partial charge in [-0.3, -0.25) is 29.4 Å². The molecular weight excluding hydrogens is 518 g/mol. The second-order valence-electron chi connectivity index (χ2n) is 9.80. The lowest BCUT2D eigenvalue weighted by Gasteiger charge is -2.33. The zero-order valence-corrected chi connectivity index (χ0v) is 22.9. The number of benzene rings is 2. The number of hydrogen-bond acceptors (Lipinski definition) is 7. The fourth-order valence-electron chi connectivity index (χ4n) is 5.12. The number of rotatable bonds is 10. The van der Waals surface area contributed by atoms with Crippen LogP contribution < -0.4 is 10.2 Å². The monoisotopic (exact) mass is 553 g/mol. The second-order valence-corrected chi connectivity index (χ2v) is 10.9. The van der Waals surface area contributed by atoms with Gasteiger partial charge in [-0.05, 0) is 62.8 Å². The molecular formula is C29H35N3O6S. The zero-order chi connectivity index (χ0) is 27.8. The predicted molar refractivity (Wildman–Crippen MR) is 149 cm³/mol. The number of esters is 1. The third-order valence-corrected chi connectivity index (χ3v) is 8.33. The number of aliphatic carboxylic acids is 1. The van der Waals surface area contributed by atoms with Crippen LogP contribution in [0.2, 0.25) is 0 Å². The van der Waals surface area contributed by atoms with Gasteiger partial charge in [0.1, 0.15) is 12.6 Å². The SMILES string of the molecule is CCOC(=O)[C@H](CCC1CCN(C(=O)c2ccccc2)CC1)N[C@H]1CSc2ccccc2N(CC(=O)O)C1=O. The van der Waals surface area contributed by atoms with E-state index in [1.165, 1.54) is 16.7 Å². The van der Waals surface area contributed by atoms with Crippen molar-refractivity contribution in [2.75, 3.05) is 36.9 Å². The number of carboxylic acids is 1. The third kappa shape index (κ3) is 7.39. The molecule has 1 fully saturated rings. The number of nitrogens with zero attached hydrogens (tertiary/aromatic N) is 2. The fourth-order valence-corrected chi connectivity index (χ4v) is 6.20. The van der Waals surface area contributed by atoms with Gasteiger partial charge in [0, 0.05) is 29.3 Å². The summed E-state index contributed by atoms with van der Waals surface area (Å²) in [5.74, 6) is -1.16. The van der Waals surface area contributed by atoms with Crippen molar-refractivity contribution in [3.63, 3.8) is 0 Å². The topological polar surface area (TPSA) is 116 Å². The number of carboxylic acid groups (broad SMARTS) is 1. The Labute approximate surface area is 232 Å². The van der Waals surface area contributed by atoms with E-state index in [2.05, 4.69) is 5.32 Å². The highest BCUT2D eigenvalue weighted by Gasteiger charge is 2.35. The smallest absolute Gasteiger partial charge is 0.323 e. The summed E-state index contributed by atoms with van der Waals surface area (Å²) in [6.07, 6.45) is 2.91. The van der Waals surface area contributed by atoms with E-state index in [-0.39, 0.29) is 18.4 Å². The van der Waals surface area contributed by atoms with Gasteiger partial charge in [0.2, 0.25) is 5.91 Å². The molecule has 2 aromatic carbocycles. The average Bonchev–Trinajstić information content (AvgIpc) is 3.07. The Hall–Kier alpha value is -3.37. The first-order valence-corrected chi connectivity index (χ1v) is 14.4. The molecule has 0 unspecified atom stereocenters. The van der Waals surface area contributed by atoms with Gasteiger partial charge in [0.25, 0.3) is 5.91 Å². The summed E-state index contributed by atoms with van der Waals surface area (Å²) >= 11 is 1.46. The fraction of sp³-hybridized carbons (Fsp3) is 0.448. The molecule has 9 nitrogen and oxygen atoms in total. The number of ether oxygens (including phenoxy) is 1.